The molecule has 0 aliphatic carbocycles. The first-order valence-corrected chi connectivity index (χ1v) is 6.02. The SMILES string of the molecule is C=CC(=O)O[C@H]1CO[C@H]2[C@@H]1OC[C@]2(O)CC1CO1. The molecule has 100 valence electrons. The van der Waals surface area contributed by atoms with Gasteiger partial charge in [-0.05, 0) is 0 Å². The maximum atomic E-state index is 11.2. The summed E-state index contributed by atoms with van der Waals surface area (Å²) in [5.41, 5.74) is -1.04. The van der Waals surface area contributed by atoms with Crippen molar-refractivity contribution in [2.45, 2.75) is 36.4 Å². The van der Waals surface area contributed by atoms with E-state index in [9.17, 15) is 9.90 Å². The standard InChI is InChI=1S/C12H16O6/c1-2-9(13)18-8-5-16-11-10(8)17-6-12(11,14)3-7-4-15-7/h2,7-8,10-11,14H,1,3-6H2/t7?,8-,10+,11-,12+/m0/s1. The minimum absolute atomic E-state index is 0.0933. The maximum absolute atomic E-state index is 11.2. The van der Waals surface area contributed by atoms with E-state index in [1.165, 1.54) is 0 Å². The van der Waals surface area contributed by atoms with Crippen molar-refractivity contribution in [1.29, 1.82) is 0 Å². The largest absolute Gasteiger partial charge is 0.454 e. The monoisotopic (exact) mass is 256 g/mol. The van der Waals surface area contributed by atoms with Crippen LogP contribution in [-0.4, -0.2) is 60.9 Å². The molecule has 0 amide bonds. The van der Waals surface area contributed by atoms with Crippen LogP contribution >= 0.6 is 0 Å². The summed E-state index contributed by atoms with van der Waals surface area (Å²) in [6.07, 6.45) is 0.357. The van der Waals surface area contributed by atoms with Crippen molar-refractivity contribution < 1.29 is 28.8 Å². The van der Waals surface area contributed by atoms with Crippen molar-refractivity contribution in [3.8, 4) is 0 Å². The van der Waals surface area contributed by atoms with Crippen molar-refractivity contribution in [2.24, 2.45) is 0 Å². The lowest BCUT2D eigenvalue weighted by atomic mass is 9.91. The quantitative estimate of drug-likeness (QED) is 0.411. The van der Waals surface area contributed by atoms with E-state index in [0.29, 0.717) is 13.0 Å². The molecule has 3 aliphatic rings. The minimum atomic E-state index is -1.04. The molecule has 5 atom stereocenters. The molecule has 0 aromatic rings. The van der Waals surface area contributed by atoms with Crippen LogP contribution in [0.2, 0.25) is 0 Å². The Morgan fingerprint density at radius 3 is 2.89 bits per heavy atom. The normalized spacial score (nSPS) is 45.6. The molecule has 0 aromatic carbocycles. The molecule has 3 heterocycles. The molecule has 0 spiro atoms. The Labute approximate surface area is 104 Å². The first kappa shape index (κ1) is 12.1. The average Bonchev–Trinajstić information content (AvgIpc) is 2.96. The number of hydrogen-bond acceptors (Lipinski definition) is 6. The van der Waals surface area contributed by atoms with Gasteiger partial charge in [0.05, 0.1) is 25.9 Å². The fourth-order valence-electron chi connectivity index (χ4n) is 2.62. The van der Waals surface area contributed by atoms with Gasteiger partial charge in [-0.15, -0.1) is 0 Å². The maximum Gasteiger partial charge on any atom is 0.330 e. The molecule has 3 saturated heterocycles. The van der Waals surface area contributed by atoms with Crippen LogP contribution in [0.1, 0.15) is 6.42 Å². The second kappa shape index (κ2) is 4.31. The summed E-state index contributed by atoms with van der Waals surface area (Å²) in [5, 5.41) is 10.5. The van der Waals surface area contributed by atoms with Gasteiger partial charge in [-0.2, -0.15) is 0 Å². The number of aliphatic hydroxyl groups is 1. The van der Waals surface area contributed by atoms with E-state index >= 15 is 0 Å². The zero-order valence-corrected chi connectivity index (χ0v) is 9.91. The number of hydrogen-bond donors (Lipinski definition) is 1. The van der Waals surface area contributed by atoms with Gasteiger partial charge >= 0.3 is 5.97 Å². The summed E-state index contributed by atoms with van der Waals surface area (Å²) in [7, 11) is 0. The number of carbonyl (C=O) groups excluding carboxylic acids is 1. The second-order valence-corrected chi connectivity index (χ2v) is 4.97. The summed E-state index contributed by atoms with van der Waals surface area (Å²) >= 11 is 0. The van der Waals surface area contributed by atoms with Crippen molar-refractivity contribution in [1.82, 2.24) is 0 Å². The van der Waals surface area contributed by atoms with Crippen LogP contribution in [0, 0.1) is 0 Å². The van der Waals surface area contributed by atoms with Crippen molar-refractivity contribution in [2.75, 3.05) is 19.8 Å². The summed E-state index contributed by atoms with van der Waals surface area (Å²) in [6.45, 7) is 4.44. The molecule has 18 heavy (non-hydrogen) atoms. The van der Waals surface area contributed by atoms with Gasteiger partial charge < -0.3 is 24.1 Å². The van der Waals surface area contributed by atoms with Gasteiger partial charge in [0.2, 0.25) is 0 Å². The van der Waals surface area contributed by atoms with Crippen LogP contribution in [0.15, 0.2) is 12.7 Å². The predicted octanol–water partition coefficient (Wildman–Crippen LogP) is -0.598. The fourth-order valence-corrected chi connectivity index (χ4v) is 2.62. The third-order valence-corrected chi connectivity index (χ3v) is 3.58. The first-order chi connectivity index (χ1) is 8.62. The number of esters is 1. The van der Waals surface area contributed by atoms with Crippen LogP contribution in [0.25, 0.3) is 0 Å². The Balaban J connectivity index is 1.65. The smallest absolute Gasteiger partial charge is 0.330 e. The van der Waals surface area contributed by atoms with E-state index in [0.717, 1.165) is 6.08 Å². The van der Waals surface area contributed by atoms with Gasteiger partial charge in [0.15, 0.2) is 6.10 Å². The van der Waals surface area contributed by atoms with E-state index in [1.54, 1.807) is 0 Å². The van der Waals surface area contributed by atoms with Gasteiger partial charge in [-0.3, -0.25) is 0 Å². The zero-order chi connectivity index (χ0) is 12.8. The van der Waals surface area contributed by atoms with E-state index in [-0.39, 0.29) is 19.3 Å². The van der Waals surface area contributed by atoms with Crippen molar-refractivity contribution in [3.63, 3.8) is 0 Å². The summed E-state index contributed by atoms with van der Waals surface area (Å²) in [5.74, 6) is -0.506. The molecule has 1 unspecified atom stereocenters. The van der Waals surface area contributed by atoms with Crippen molar-refractivity contribution >= 4 is 5.97 Å². The van der Waals surface area contributed by atoms with Crippen LogP contribution in [0.5, 0.6) is 0 Å². The van der Waals surface area contributed by atoms with E-state index in [4.69, 9.17) is 18.9 Å². The lowest BCUT2D eigenvalue weighted by Crippen LogP contribution is -2.45. The highest BCUT2D eigenvalue weighted by Crippen LogP contribution is 2.39. The molecule has 3 rings (SSSR count). The van der Waals surface area contributed by atoms with Crippen LogP contribution in [0.3, 0.4) is 0 Å². The summed E-state index contributed by atoms with van der Waals surface area (Å²) in [4.78, 5) is 11.2. The fraction of sp³-hybridized carbons (Fsp3) is 0.750. The Bertz CT molecular complexity index is 366. The lowest BCUT2D eigenvalue weighted by Gasteiger charge is -2.25. The Kier molecular flexibility index (Phi) is 2.90. The molecule has 6 nitrogen and oxygen atoms in total. The Morgan fingerprint density at radius 1 is 1.44 bits per heavy atom. The topological polar surface area (TPSA) is 77.5 Å². The van der Waals surface area contributed by atoms with E-state index in [2.05, 4.69) is 6.58 Å². The average molecular weight is 256 g/mol. The summed E-state index contributed by atoms with van der Waals surface area (Å²) in [6, 6.07) is 0. The third-order valence-electron chi connectivity index (χ3n) is 3.58. The van der Waals surface area contributed by atoms with E-state index < -0.39 is 29.9 Å². The number of rotatable bonds is 4. The van der Waals surface area contributed by atoms with Crippen molar-refractivity contribution in [3.05, 3.63) is 12.7 Å². The molecule has 6 heteroatoms. The van der Waals surface area contributed by atoms with Gasteiger partial charge in [0, 0.05) is 12.5 Å². The second-order valence-electron chi connectivity index (χ2n) is 4.97. The van der Waals surface area contributed by atoms with Gasteiger partial charge in [-0.1, -0.05) is 6.58 Å². The van der Waals surface area contributed by atoms with E-state index in [1.807, 2.05) is 0 Å². The zero-order valence-electron chi connectivity index (χ0n) is 9.91. The molecule has 0 aromatic heterocycles. The molecular weight excluding hydrogens is 240 g/mol. The van der Waals surface area contributed by atoms with Gasteiger partial charge in [0.25, 0.3) is 0 Å². The van der Waals surface area contributed by atoms with Gasteiger partial charge in [0.1, 0.15) is 17.8 Å². The van der Waals surface area contributed by atoms with Crippen LogP contribution in [0.4, 0.5) is 0 Å². The molecular formula is C12H16O6. The summed E-state index contributed by atoms with van der Waals surface area (Å²) < 4.78 is 21.3. The number of fused-ring (bicyclic) bond motifs is 1. The van der Waals surface area contributed by atoms with Crippen LogP contribution in [-0.2, 0) is 23.7 Å². The Hall–Kier alpha value is -0.950. The van der Waals surface area contributed by atoms with Gasteiger partial charge in [-0.25, -0.2) is 4.79 Å². The third kappa shape index (κ3) is 2.05. The highest BCUT2D eigenvalue weighted by molar-refractivity contribution is 5.81. The molecule has 3 aliphatic heterocycles. The number of carbonyl (C=O) groups is 1. The van der Waals surface area contributed by atoms with Crippen LogP contribution < -0.4 is 0 Å². The minimum Gasteiger partial charge on any atom is -0.454 e. The highest BCUT2D eigenvalue weighted by Gasteiger charge is 2.58. The number of ether oxygens (including phenoxy) is 4. The Morgan fingerprint density at radius 2 is 2.22 bits per heavy atom. The molecule has 1 N–H and O–H groups in total. The molecule has 0 bridgehead atoms. The molecule has 3 fully saturated rings. The first-order valence-electron chi connectivity index (χ1n) is 6.02. The highest BCUT2D eigenvalue weighted by atomic mass is 16.6. The lowest BCUT2D eigenvalue weighted by molar-refractivity contribution is -0.148. The molecule has 0 radical (unpaired) electrons. The predicted molar refractivity (Wildman–Crippen MR) is 58.9 cm³/mol. The molecule has 0 saturated carbocycles. The number of epoxide rings is 1.